The number of carbonyl (C=O) groups excluding carboxylic acids is 3. The quantitative estimate of drug-likeness (QED) is 0.479. The molecule has 10 nitrogen and oxygen atoms in total. The minimum atomic E-state index is -3.66. The van der Waals surface area contributed by atoms with E-state index in [1.54, 1.807) is 13.0 Å². The van der Waals surface area contributed by atoms with Crippen molar-refractivity contribution in [3.63, 3.8) is 0 Å². The van der Waals surface area contributed by atoms with Crippen LogP contribution in [0.3, 0.4) is 0 Å². The predicted octanol–water partition coefficient (Wildman–Crippen LogP) is 2.27. The summed E-state index contributed by atoms with van der Waals surface area (Å²) in [5.41, 5.74) is -0.350. The first-order valence-electron chi connectivity index (χ1n) is 11.8. The van der Waals surface area contributed by atoms with E-state index >= 15 is 0 Å². The molecule has 0 bridgehead atoms. The Bertz CT molecular complexity index is 1480. The summed E-state index contributed by atoms with van der Waals surface area (Å²) in [4.78, 5) is 39.6. The molecule has 0 saturated carbocycles. The first-order valence-corrected chi connectivity index (χ1v) is 13.2. The number of rotatable bonds is 6. The third-order valence-electron chi connectivity index (χ3n) is 6.65. The summed E-state index contributed by atoms with van der Waals surface area (Å²) < 4.78 is 32.1. The molecule has 4 amide bonds. The molecule has 1 atom stereocenters. The van der Waals surface area contributed by atoms with Crippen LogP contribution in [-0.2, 0) is 29.9 Å². The number of anilines is 1. The van der Waals surface area contributed by atoms with Gasteiger partial charge in [-0.1, -0.05) is 36.4 Å². The van der Waals surface area contributed by atoms with Crippen LogP contribution in [0.5, 0.6) is 0 Å². The highest BCUT2D eigenvalue weighted by molar-refractivity contribution is 7.89. The highest BCUT2D eigenvalue weighted by Crippen LogP contribution is 2.31. The van der Waals surface area contributed by atoms with Crippen molar-refractivity contribution in [2.75, 3.05) is 38.2 Å². The Balaban J connectivity index is 1.26. The lowest BCUT2D eigenvalue weighted by molar-refractivity contribution is -0.133. The predicted molar refractivity (Wildman–Crippen MR) is 136 cm³/mol. The van der Waals surface area contributed by atoms with Gasteiger partial charge in [-0.3, -0.25) is 14.5 Å². The molecule has 0 radical (unpaired) electrons. The van der Waals surface area contributed by atoms with Gasteiger partial charge in [0.2, 0.25) is 15.9 Å². The van der Waals surface area contributed by atoms with Crippen LogP contribution in [0.2, 0.25) is 0 Å². The maximum Gasteiger partial charge on any atom is 0.325 e. The molecule has 0 unspecified atom stereocenters. The summed E-state index contributed by atoms with van der Waals surface area (Å²) in [6.45, 7) is 2.38. The maximum atomic E-state index is 13.2. The fourth-order valence-electron chi connectivity index (χ4n) is 4.53. The Morgan fingerprint density at radius 3 is 2.38 bits per heavy atom. The minimum Gasteiger partial charge on any atom is -0.379 e. The molecule has 192 valence electrons. The first-order chi connectivity index (χ1) is 17.7. The molecular formula is C26H26N4O6S. The molecule has 37 heavy (non-hydrogen) atoms. The summed E-state index contributed by atoms with van der Waals surface area (Å²) in [5, 5.41) is 7.27. The van der Waals surface area contributed by atoms with Crippen LogP contribution in [0.25, 0.3) is 10.8 Å². The number of nitrogens with one attached hydrogen (secondary N) is 2. The van der Waals surface area contributed by atoms with Gasteiger partial charge in [0.25, 0.3) is 5.91 Å². The molecule has 3 aromatic carbocycles. The van der Waals surface area contributed by atoms with E-state index in [0.29, 0.717) is 24.5 Å². The fourth-order valence-corrected chi connectivity index (χ4v) is 5.93. The molecule has 2 fully saturated rings. The molecule has 0 aliphatic carbocycles. The van der Waals surface area contributed by atoms with E-state index < -0.39 is 40.0 Å². The number of ether oxygens (including phenoxy) is 1. The van der Waals surface area contributed by atoms with Crippen molar-refractivity contribution in [2.45, 2.75) is 17.4 Å². The second-order valence-electron chi connectivity index (χ2n) is 9.10. The van der Waals surface area contributed by atoms with E-state index in [-0.39, 0.29) is 18.0 Å². The number of sulfonamides is 1. The van der Waals surface area contributed by atoms with Gasteiger partial charge in [-0.05, 0) is 53.6 Å². The zero-order valence-corrected chi connectivity index (χ0v) is 21.0. The van der Waals surface area contributed by atoms with Crippen LogP contribution in [0.15, 0.2) is 71.6 Å². The number of amides is 4. The number of hydrogen-bond acceptors (Lipinski definition) is 6. The molecule has 2 N–H and O–H groups in total. The molecule has 0 spiro atoms. The Kier molecular flexibility index (Phi) is 6.44. The Labute approximate surface area is 214 Å². The number of hydrogen-bond donors (Lipinski definition) is 2. The normalized spacial score (nSPS) is 20.7. The van der Waals surface area contributed by atoms with Crippen LogP contribution in [0.1, 0.15) is 12.5 Å². The topological polar surface area (TPSA) is 125 Å². The minimum absolute atomic E-state index is 0.104. The summed E-state index contributed by atoms with van der Waals surface area (Å²) >= 11 is 0. The Hall–Kier alpha value is -3.80. The van der Waals surface area contributed by atoms with Crippen LogP contribution in [0, 0.1) is 0 Å². The summed E-state index contributed by atoms with van der Waals surface area (Å²) in [6, 6.07) is 18.3. The van der Waals surface area contributed by atoms with Gasteiger partial charge in [-0.25, -0.2) is 13.2 Å². The van der Waals surface area contributed by atoms with Crippen molar-refractivity contribution in [3.8, 4) is 0 Å². The van der Waals surface area contributed by atoms with Crippen LogP contribution in [0.4, 0.5) is 10.5 Å². The smallest absolute Gasteiger partial charge is 0.325 e. The van der Waals surface area contributed by atoms with Gasteiger partial charge in [-0.2, -0.15) is 4.31 Å². The van der Waals surface area contributed by atoms with Crippen molar-refractivity contribution < 1.29 is 27.5 Å². The zero-order valence-electron chi connectivity index (χ0n) is 20.1. The summed E-state index contributed by atoms with van der Waals surface area (Å²) in [6.07, 6.45) is 0. The molecule has 11 heteroatoms. The number of fused-ring (bicyclic) bond motifs is 1. The molecular weight excluding hydrogens is 496 g/mol. The van der Waals surface area contributed by atoms with E-state index in [1.165, 1.54) is 28.6 Å². The van der Waals surface area contributed by atoms with Crippen molar-refractivity contribution in [3.05, 3.63) is 72.3 Å². The molecule has 0 aromatic heterocycles. The number of carbonyl (C=O) groups is 3. The van der Waals surface area contributed by atoms with Gasteiger partial charge in [-0.15, -0.1) is 0 Å². The van der Waals surface area contributed by atoms with Gasteiger partial charge < -0.3 is 15.4 Å². The van der Waals surface area contributed by atoms with Crippen molar-refractivity contribution >= 4 is 44.3 Å². The highest BCUT2D eigenvalue weighted by Gasteiger charge is 2.49. The molecule has 3 aromatic rings. The molecule has 2 aliphatic heterocycles. The first kappa shape index (κ1) is 24.9. The lowest BCUT2D eigenvalue weighted by Crippen LogP contribution is -2.42. The fraction of sp³-hybridized carbons (Fsp3) is 0.269. The monoisotopic (exact) mass is 522 g/mol. The zero-order chi connectivity index (χ0) is 26.2. The summed E-state index contributed by atoms with van der Waals surface area (Å²) in [7, 11) is -3.66. The van der Waals surface area contributed by atoms with Gasteiger partial charge >= 0.3 is 6.03 Å². The van der Waals surface area contributed by atoms with Crippen molar-refractivity contribution in [2.24, 2.45) is 0 Å². The highest BCUT2D eigenvalue weighted by atomic mass is 32.2. The molecule has 5 rings (SSSR count). The van der Waals surface area contributed by atoms with Crippen LogP contribution < -0.4 is 10.6 Å². The number of benzene rings is 3. The second-order valence-corrected chi connectivity index (χ2v) is 11.0. The molecule has 2 aliphatic rings. The van der Waals surface area contributed by atoms with Crippen LogP contribution >= 0.6 is 0 Å². The van der Waals surface area contributed by atoms with E-state index in [9.17, 15) is 22.8 Å². The van der Waals surface area contributed by atoms with Crippen LogP contribution in [-0.4, -0.2) is 68.3 Å². The molecule has 2 heterocycles. The SMILES string of the molecule is C[C@@]1(c2ccc3ccccc3c2)NC(=O)N(CC(=O)Nc2ccc(S(=O)(=O)N3CCOCC3)cc2)C1=O. The second kappa shape index (κ2) is 9.58. The number of urea groups is 1. The average molecular weight is 523 g/mol. The van der Waals surface area contributed by atoms with E-state index in [0.717, 1.165) is 15.7 Å². The van der Waals surface area contributed by atoms with Gasteiger partial charge in [0, 0.05) is 18.8 Å². The maximum absolute atomic E-state index is 13.2. The van der Waals surface area contributed by atoms with Gasteiger partial charge in [0.1, 0.15) is 12.1 Å². The number of imide groups is 1. The van der Waals surface area contributed by atoms with Gasteiger partial charge in [0.15, 0.2) is 0 Å². The largest absolute Gasteiger partial charge is 0.379 e. The summed E-state index contributed by atoms with van der Waals surface area (Å²) in [5.74, 6) is -1.12. The Morgan fingerprint density at radius 2 is 1.68 bits per heavy atom. The third kappa shape index (κ3) is 4.68. The van der Waals surface area contributed by atoms with Crippen molar-refractivity contribution in [1.82, 2.24) is 14.5 Å². The standard InChI is InChI=1S/C26H26N4O6S/c1-26(20-7-6-18-4-2-3-5-19(18)16-20)24(32)30(25(33)28-26)17-23(31)27-21-8-10-22(11-9-21)37(34,35)29-12-14-36-15-13-29/h2-11,16H,12-15,17H2,1H3,(H,27,31)(H,28,33)/t26-/m0/s1. The van der Waals surface area contributed by atoms with Crippen molar-refractivity contribution in [1.29, 1.82) is 0 Å². The third-order valence-corrected chi connectivity index (χ3v) is 8.56. The Morgan fingerprint density at radius 1 is 1.00 bits per heavy atom. The lowest BCUT2D eigenvalue weighted by atomic mass is 9.90. The molecule has 2 saturated heterocycles. The number of morpholine rings is 1. The van der Waals surface area contributed by atoms with E-state index in [2.05, 4.69) is 10.6 Å². The van der Waals surface area contributed by atoms with E-state index in [4.69, 9.17) is 4.74 Å². The number of nitrogens with zero attached hydrogens (tertiary/aromatic N) is 2. The van der Waals surface area contributed by atoms with Gasteiger partial charge in [0.05, 0.1) is 18.1 Å². The average Bonchev–Trinajstić information content (AvgIpc) is 3.13. The van der Waals surface area contributed by atoms with E-state index in [1.807, 2.05) is 36.4 Å². The lowest BCUT2D eigenvalue weighted by Gasteiger charge is -2.26.